The molecule has 1 aliphatic rings. The van der Waals surface area contributed by atoms with Crippen molar-refractivity contribution >= 4 is 5.97 Å². The molecule has 92 valence electrons. The quantitative estimate of drug-likeness (QED) is 0.373. The van der Waals surface area contributed by atoms with Crippen molar-refractivity contribution in [2.24, 2.45) is 5.92 Å². The summed E-state index contributed by atoms with van der Waals surface area (Å²) in [6.45, 7) is 0. The van der Waals surface area contributed by atoms with Crippen LogP contribution in [-0.2, 0) is 9.53 Å². The van der Waals surface area contributed by atoms with Crippen LogP contribution in [0.1, 0.15) is 57.8 Å². The van der Waals surface area contributed by atoms with Crippen LogP contribution in [0.2, 0.25) is 0 Å². The van der Waals surface area contributed by atoms with Crippen molar-refractivity contribution in [2.45, 2.75) is 57.8 Å². The molecular formula is C14H24O2. The van der Waals surface area contributed by atoms with Gasteiger partial charge in [-0.3, -0.25) is 4.79 Å². The number of methoxy groups -OCH3 is 1. The summed E-state index contributed by atoms with van der Waals surface area (Å²) in [5.74, 6) is 0.850. The van der Waals surface area contributed by atoms with Gasteiger partial charge in [0.15, 0.2) is 0 Å². The normalized spacial score (nSPS) is 19.7. The van der Waals surface area contributed by atoms with Gasteiger partial charge in [-0.2, -0.15) is 0 Å². The van der Waals surface area contributed by atoms with Crippen LogP contribution in [0.5, 0.6) is 0 Å². The maximum atomic E-state index is 10.9. The summed E-state index contributed by atoms with van der Waals surface area (Å²) in [6.07, 6.45) is 15.2. The Labute approximate surface area is 99.1 Å². The number of esters is 1. The second-order valence-electron chi connectivity index (χ2n) is 4.68. The van der Waals surface area contributed by atoms with Crippen molar-refractivity contribution in [1.29, 1.82) is 0 Å². The van der Waals surface area contributed by atoms with E-state index in [2.05, 4.69) is 16.9 Å². The fraction of sp³-hybridized carbons (Fsp3) is 0.786. The van der Waals surface area contributed by atoms with E-state index in [0.717, 1.165) is 18.8 Å². The summed E-state index contributed by atoms with van der Waals surface area (Å²) in [5, 5.41) is 0. The van der Waals surface area contributed by atoms with Gasteiger partial charge in [0.25, 0.3) is 0 Å². The minimum absolute atomic E-state index is 0.0718. The first-order chi connectivity index (χ1) is 7.83. The molecule has 1 aliphatic carbocycles. The number of carbonyl (C=O) groups excluding carboxylic acids is 1. The van der Waals surface area contributed by atoms with E-state index >= 15 is 0 Å². The van der Waals surface area contributed by atoms with Crippen LogP contribution in [0.25, 0.3) is 0 Å². The standard InChI is InChI=1S/C14H24O2/c1-16-14(15)12-8-3-2-5-9-13-10-6-4-7-11-13/h4,6,13H,2-3,5,7-12H2,1H3/t13-/m0/s1. The third kappa shape index (κ3) is 5.94. The Morgan fingerprint density at radius 3 is 2.75 bits per heavy atom. The van der Waals surface area contributed by atoms with E-state index in [9.17, 15) is 4.79 Å². The highest BCUT2D eigenvalue weighted by atomic mass is 16.5. The monoisotopic (exact) mass is 224 g/mol. The molecule has 0 aromatic heterocycles. The number of carbonyl (C=O) groups is 1. The predicted molar refractivity (Wildman–Crippen MR) is 66.2 cm³/mol. The first kappa shape index (κ1) is 13.3. The second kappa shape index (κ2) is 8.37. The van der Waals surface area contributed by atoms with Crippen LogP contribution < -0.4 is 0 Å². The zero-order valence-corrected chi connectivity index (χ0v) is 10.4. The molecule has 0 saturated heterocycles. The Balaban J connectivity index is 1.88. The molecule has 0 fully saturated rings. The van der Waals surface area contributed by atoms with Gasteiger partial charge in [-0.05, 0) is 31.6 Å². The average Bonchev–Trinajstić information content (AvgIpc) is 2.34. The van der Waals surface area contributed by atoms with Gasteiger partial charge >= 0.3 is 5.97 Å². The van der Waals surface area contributed by atoms with Gasteiger partial charge in [0.1, 0.15) is 0 Å². The zero-order valence-electron chi connectivity index (χ0n) is 10.4. The third-order valence-electron chi connectivity index (χ3n) is 3.35. The number of hydrogen-bond donors (Lipinski definition) is 0. The SMILES string of the molecule is COC(=O)CCCCCC[C@H]1CC=CCC1. The molecule has 0 amide bonds. The van der Waals surface area contributed by atoms with Crippen molar-refractivity contribution in [3.63, 3.8) is 0 Å². The fourth-order valence-corrected chi connectivity index (χ4v) is 2.28. The highest BCUT2D eigenvalue weighted by molar-refractivity contribution is 5.68. The fourth-order valence-electron chi connectivity index (χ4n) is 2.28. The highest BCUT2D eigenvalue weighted by Gasteiger charge is 2.08. The molecule has 2 nitrogen and oxygen atoms in total. The molecule has 0 saturated carbocycles. The van der Waals surface area contributed by atoms with Crippen molar-refractivity contribution in [3.8, 4) is 0 Å². The number of ether oxygens (including phenoxy) is 1. The van der Waals surface area contributed by atoms with Crippen LogP contribution in [0, 0.1) is 5.92 Å². The van der Waals surface area contributed by atoms with Crippen LogP contribution >= 0.6 is 0 Å². The van der Waals surface area contributed by atoms with E-state index in [1.807, 2.05) is 0 Å². The van der Waals surface area contributed by atoms with Crippen molar-refractivity contribution < 1.29 is 9.53 Å². The minimum atomic E-state index is -0.0718. The molecule has 1 rings (SSSR count). The highest BCUT2D eigenvalue weighted by Crippen LogP contribution is 2.23. The first-order valence-corrected chi connectivity index (χ1v) is 6.54. The molecule has 0 spiro atoms. The minimum Gasteiger partial charge on any atom is -0.469 e. The van der Waals surface area contributed by atoms with Crippen LogP contribution in [0.3, 0.4) is 0 Å². The maximum absolute atomic E-state index is 10.9. The largest absolute Gasteiger partial charge is 0.469 e. The molecule has 0 bridgehead atoms. The lowest BCUT2D eigenvalue weighted by Gasteiger charge is -2.17. The van der Waals surface area contributed by atoms with Gasteiger partial charge in [0.05, 0.1) is 7.11 Å². The smallest absolute Gasteiger partial charge is 0.305 e. The molecule has 0 aromatic rings. The molecule has 0 heterocycles. The van der Waals surface area contributed by atoms with Crippen LogP contribution in [0.4, 0.5) is 0 Å². The molecule has 0 N–H and O–H groups in total. The Morgan fingerprint density at radius 1 is 1.25 bits per heavy atom. The van der Waals surface area contributed by atoms with Gasteiger partial charge in [-0.1, -0.05) is 37.8 Å². The number of unbranched alkanes of at least 4 members (excludes halogenated alkanes) is 3. The van der Waals surface area contributed by atoms with Gasteiger partial charge in [0, 0.05) is 6.42 Å². The predicted octanol–water partition coefficient (Wildman–Crippen LogP) is 3.86. The van der Waals surface area contributed by atoms with E-state index in [1.54, 1.807) is 0 Å². The topological polar surface area (TPSA) is 26.3 Å². The summed E-state index contributed by atoms with van der Waals surface area (Å²) < 4.78 is 4.61. The molecule has 0 unspecified atom stereocenters. The summed E-state index contributed by atoms with van der Waals surface area (Å²) in [5.41, 5.74) is 0. The van der Waals surface area contributed by atoms with Gasteiger partial charge < -0.3 is 4.74 Å². The van der Waals surface area contributed by atoms with E-state index in [0.29, 0.717) is 6.42 Å². The summed E-state index contributed by atoms with van der Waals surface area (Å²) in [7, 11) is 1.46. The van der Waals surface area contributed by atoms with Crippen molar-refractivity contribution in [3.05, 3.63) is 12.2 Å². The third-order valence-corrected chi connectivity index (χ3v) is 3.35. The summed E-state index contributed by atoms with van der Waals surface area (Å²) in [6, 6.07) is 0. The number of hydrogen-bond acceptors (Lipinski definition) is 2. The molecule has 16 heavy (non-hydrogen) atoms. The summed E-state index contributed by atoms with van der Waals surface area (Å²) >= 11 is 0. The Bertz CT molecular complexity index is 221. The maximum Gasteiger partial charge on any atom is 0.305 e. The lowest BCUT2D eigenvalue weighted by molar-refractivity contribution is -0.140. The average molecular weight is 224 g/mol. The van der Waals surface area contributed by atoms with Crippen LogP contribution in [0.15, 0.2) is 12.2 Å². The lowest BCUT2D eigenvalue weighted by atomic mass is 9.89. The number of allylic oxidation sites excluding steroid dienone is 2. The van der Waals surface area contributed by atoms with Gasteiger partial charge in [-0.25, -0.2) is 0 Å². The van der Waals surface area contributed by atoms with Crippen molar-refractivity contribution in [1.82, 2.24) is 0 Å². The Hall–Kier alpha value is -0.790. The van der Waals surface area contributed by atoms with Gasteiger partial charge in [0.2, 0.25) is 0 Å². The molecular weight excluding hydrogens is 200 g/mol. The van der Waals surface area contributed by atoms with Gasteiger partial charge in [-0.15, -0.1) is 0 Å². The van der Waals surface area contributed by atoms with Crippen LogP contribution in [-0.4, -0.2) is 13.1 Å². The second-order valence-corrected chi connectivity index (χ2v) is 4.68. The van der Waals surface area contributed by atoms with E-state index < -0.39 is 0 Å². The Kier molecular flexibility index (Phi) is 6.95. The molecule has 0 radical (unpaired) electrons. The first-order valence-electron chi connectivity index (χ1n) is 6.54. The number of rotatable bonds is 7. The van der Waals surface area contributed by atoms with E-state index in [1.165, 1.54) is 45.6 Å². The Morgan fingerprint density at radius 2 is 2.06 bits per heavy atom. The molecule has 1 atom stereocenters. The lowest BCUT2D eigenvalue weighted by Crippen LogP contribution is -2.02. The molecule has 2 heteroatoms. The summed E-state index contributed by atoms with van der Waals surface area (Å²) in [4.78, 5) is 10.9. The zero-order chi connectivity index (χ0) is 11.6. The van der Waals surface area contributed by atoms with E-state index in [-0.39, 0.29) is 5.97 Å². The molecule has 0 aromatic carbocycles. The van der Waals surface area contributed by atoms with Crippen molar-refractivity contribution in [2.75, 3.05) is 7.11 Å². The van der Waals surface area contributed by atoms with E-state index in [4.69, 9.17) is 0 Å². The molecule has 0 aliphatic heterocycles.